The van der Waals surface area contributed by atoms with Crippen molar-refractivity contribution in [2.24, 2.45) is 5.92 Å². The minimum absolute atomic E-state index is 0.0302. The average Bonchev–Trinajstić information content (AvgIpc) is 2.41. The lowest BCUT2D eigenvalue weighted by Gasteiger charge is -2.28. The molecule has 1 saturated carbocycles. The fourth-order valence-electron chi connectivity index (χ4n) is 2.88. The van der Waals surface area contributed by atoms with E-state index in [1.54, 1.807) is 0 Å². The van der Waals surface area contributed by atoms with E-state index in [-0.39, 0.29) is 17.0 Å². The van der Waals surface area contributed by atoms with Gasteiger partial charge in [0.25, 0.3) is 0 Å². The van der Waals surface area contributed by atoms with Gasteiger partial charge >= 0.3 is 0 Å². The van der Waals surface area contributed by atoms with Crippen LogP contribution >= 0.6 is 0 Å². The highest BCUT2D eigenvalue weighted by Gasteiger charge is 2.26. The van der Waals surface area contributed by atoms with E-state index in [1.165, 1.54) is 13.0 Å². The first-order valence-corrected chi connectivity index (χ1v) is 6.68. The second-order valence-electron chi connectivity index (χ2n) is 5.33. The predicted octanol–water partition coefficient (Wildman–Crippen LogP) is 5.10. The molecule has 0 spiro atoms. The van der Waals surface area contributed by atoms with E-state index in [0.29, 0.717) is 5.92 Å². The van der Waals surface area contributed by atoms with Gasteiger partial charge in [0.2, 0.25) is 0 Å². The van der Waals surface area contributed by atoms with Crippen LogP contribution in [-0.2, 0) is 0 Å². The highest BCUT2D eigenvalue weighted by molar-refractivity contribution is 5.30. The molecule has 3 heteroatoms. The van der Waals surface area contributed by atoms with Gasteiger partial charge in [0.1, 0.15) is 5.82 Å². The summed E-state index contributed by atoms with van der Waals surface area (Å²) in [4.78, 5) is 0. The van der Waals surface area contributed by atoms with E-state index in [9.17, 15) is 13.2 Å². The van der Waals surface area contributed by atoms with Crippen LogP contribution in [0, 0.1) is 30.3 Å². The van der Waals surface area contributed by atoms with Crippen LogP contribution in [0.2, 0.25) is 0 Å². The van der Waals surface area contributed by atoms with Crippen molar-refractivity contribution < 1.29 is 13.2 Å². The summed E-state index contributed by atoms with van der Waals surface area (Å²) in [5, 5.41) is 0. The van der Waals surface area contributed by atoms with E-state index >= 15 is 0 Å². The summed E-state index contributed by atoms with van der Waals surface area (Å²) >= 11 is 0. The van der Waals surface area contributed by atoms with Crippen molar-refractivity contribution in [1.82, 2.24) is 0 Å². The fraction of sp³-hybridized carbons (Fsp3) is 0.600. The molecular formula is C15H19F3. The van der Waals surface area contributed by atoms with Crippen molar-refractivity contribution in [2.75, 3.05) is 0 Å². The van der Waals surface area contributed by atoms with Crippen LogP contribution in [0.15, 0.2) is 6.07 Å². The third-order valence-corrected chi connectivity index (χ3v) is 4.28. The summed E-state index contributed by atoms with van der Waals surface area (Å²) in [7, 11) is 0. The third-order valence-electron chi connectivity index (χ3n) is 4.28. The van der Waals surface area contributed by atoms with Crippen LogP contribution < -0.4 is 0 Å². The first-order valence-electron chi connectivity index (χ1n) is 6.68. The van der Waals surface area contributed by atoms with Crippen LogP contribution in [0.3, 0.4) is 0 Å². The zero-order valence-corrected chi connectivity index (χ0v) is 10.9. The molecule has 0 amide bonds. The molecule has 0 heterocycles. The molecule has 1 aliphatic rings. The van der Waals surface area contributed by atoms with Crippen molar-refractivity contribution >= 4 is 0 Å². The topological polar surface area (TPSA) is 0 Å². The zero-order valence-electron chi connectivity index (χ0n) is 10.9. The zero-order chi connectivity index (χ0) is 13.3. The van der Waals surface area contributed by atoms with Crippen LogP contribution in [0.1, 0.15) is 56.1 Å². The number of rotatable bonds is 2. The Kier molecular flexibility index (Phi) is 3.98. The van der Waals surface area contributed by atoms with Crippen LogP contribution in [0.25, 0.3) is 0 Å². The van der Waals surface area contributed by atoms with Gasteiger partial charge in [0.05, 0.1) is 0 Å². The molecule has 1 aromatic carbocycles. The summed E-state index contributed by atoms with van der Waals surface area (Å²) in [6, 6.07) is 1.19. The Hall–Kier alpha value is -0.990. The van der Waals surface area contributed by atoms with Gasteiger partial charge in [-0.2, -0.15) is 0 Å². The summed E-state index contributed by atoms with van der Waals surface area (Å²) in [5.74, 6) is -1.86. The molecule has 0 aliphatic heterocycles. The molecule has 0 atom stereocenters. The van der Waals surface area contributed by atoms with Gasteiger partial charge in [-0.05, 0) is 56.1 Å². The van der Waals surface area contributed by atoms with E-state index in [2.05, 4.69) is 6.92 Å². The minimum Gasteiger partial charge on any atom is -0.207 e. The molecule has 2 rings (SSSR count). The van der Waals surface area contributed by atoms with E-state index in [1.807, 2.05) is 0 Å². The smallest absolute Gasteiger partial charge is 0.164 e. The highest BCUT2D eigenvalue weighted by Crippen LogP contribution is 2.39. The molecule has 0 N–H and O–H groups in total. The normalized spacial score (nSPS) is 24.3. The Balaban J connectivity index is 2.24. The molecule has 0 nitrogen and oxygen atoms in total. The molecular weight excluding hydrogens is 237 g/mol. The first-order chi connectivity index (χ1) is 8.54. The third kappa shape index (κ3) is 2.40. The van der Waals surface area contributed by atoms with Crippen LogP contribution in [0.5, 0.6) is 0 Å². The summed E-state index contributed by atoms with van der Waals surface area (Å²) < 4.78 is 40.9. The summed E-state index contributed by atoms with van der Waals surface area (Å²) in [5.41, 5.74) is 0.00338. The van der Waals surface area contributed by atoms with E-state index < -0.39 is 17.5 Å². The molecule has 0 bridgehead atoms. The second-order valence-corrected chi connectivity index (χ2v) is 5.33. The highest BCUT2D eigenvalue weighted by atomic mass is 19.2. The molecule has 0 unspecified atom stereocenters. The van der Waals surface area contributed by atoms with Gasteiger partial charge in [-0.1, -0.05) is 13.3 Å². The second kappa shape index (κ2) is 5.33. The maximum Gasteiger partial charge on any atom is 0.164 e. The SMILES string of the molecule is CC[C@H]1CC[C@H](c2cc(F)c(C)c(F)c2F)CC1. The maximum absolute atomic E-state index is 13.9. The van der Waals surface area contributed by atoms with Gasteiger partial charge in [-0.25, -0.2) is 13.2 Å². The van der Waals surface area contributed by atoms with Crippen LogP contribution in [-0.4, -0.2) is 0 Å². The lowest BCUT2D eigenvalue weighted by molar-refractivity contribution is 0.311. The van der Waals surface area contributed by atoms with Crippen molar-refractivity contribution in [2.45, 2.75) is 51.9 Å². The number of halogens is 3. The fourth-order valence-corrected chi connectivity index (χ4v) is 2.88. The Morgan fingerprint density at radius 3 is 2.22 bits per heavy atom. The van der Waals surface area contributed by atoms with Crippen molar-refractivity contribution in [3.8, 4) is 0 Å². The molecule has 1 aromatic rings. The van der Waals surface area contributed by atoms with Gasteiger partial charge in [-0.15, -0.1) is 0 Å². The first kappa shape index (κ1) is 13.4. The maximum atomic E-state index is 13.9. The lowest BCUT2D eigenvalue weighted by atomic mass is 9.77. The summed E-state index contributed by atoms with van der Waals surface area (Å²) in [6.07, 6.45) is 4.84. The van der Waals surface area contributed by atoms with Crippen molar-refractivity contribution in [3.05, 3.63) is 34.6 Å². The molecule has 18 heavy (non-hydrogen) atoms. The molecule has 0 aromatic heterocycles. The quantitative estimate of drug-likeness (QED) is 0.646. The van der Waals surface area contributed by atoms with Gasteiger partial charge < -0.3 is 0 Å². The van der Waals surface area contributed by atoms with Crippen molar-refractivity contribution in [1.29, 1.82) is 0 Å². The summed E-state index contributed by atoms with van der Waals surface area (Å²) in [6.45, 7) is 3.42. The van der Waals surface area contributed by atoms with E-state index in [0.717, 1.165) is 32.1 Å². The standard InChI is InChI=1S/C15H19F3/c1-3-10-4-6-11(7-5-10)12-8-13(16)9(2)14(17)15(12)18/h8,10-11H,3-7H2,1-2H3/t10-,11-. The van der Waals surface area contributed by atoms with E-state index in [4.69, 9.17) is 0 Å². The van der Waals surface area contributed by atoms with Crippen LogP contribution in [0.4, 0.5) is 13.2 Å². The minimum atomic E-state index is -1.03. The monoisotopic (exact) mass is 256 g/mol. The average molecular weight is 256 g/mol. The van der Waals surface area contributed by atoms with Gasteiger partial charge in [0, 0.05) is 5.56 Å². The molecule has 1 aliphatic carbocycles. The number of hydrogen-bond acceptors (Lipinski definition) is 0. The Morgan fingerprint density at radius 1 is 1.06 bits per heavy atom. The molecule has 1 fully saturated rings. The van der Waals surface area contributed by atoms with Gasteiger partial charge in [0.15, 0.2) is 11.6 Å². The van der Waals surface area contributed by atoms with Gasteiger partial charge in [-0.3, -0.25) is 0 Å². The van der Waals surface area contributed by atoms with Crippen molar-refractivity contribution in [3.63, 3.8) is 0 Å². The Bertz CT molecular complexity index is 432. The number of benzene rings is 1. The number of hydrogen-bond donors (Lipinski definition) is 0. The molecule has 100 valence electrons. The molecule has 0 radical (unpaired) electrons. The predicted molar refractivity (Wildman–Crippen MR) is 66.0 cm³/mol. The Labute approximate surface area is 106 Å². The lowest BCUT2D eigenvalue weighted by Crippen LogP contribution is -2.15. The molecule has 0 saturated heterocycles. The Morgan fingerprint density at radius 2 is 1.67 bits per heavy atom. The largest absolute Gasteiger partial charge is 0.207 e.